The predicted molar refractivity (Wildman–Crippen MR) is 99.9 cm³/mol. The molecule has 0 spiro atoms. The van der Waals surface area contributed by atoms with E-state index in [1.54, 1.807) is 7.05 Å². The normalized spacial score (nSPS) is 21.3. The van der Waals surface area contributed by atoms with Gasteiger partial charge < -0.3 is 10.0 Å². The Labute approximate surface area is 158 Å². The van der Waals surface area contributed by atoms with Crippen LogP contribution in [0.4, 0.5) is 0 Å². The Morgan fingerprint density at radius 1 is 1.07 bits per heavy atom. The van der Waals surface area contributed by atoms with E-state index in [0.717, 1.165) is 5.56 Å². The van der Waals surface area contributed by atoms with Crippen molar-refractivity contribution in [2.75, 3.05) is 7.05 Å². The van der Waals surface area contributed by atoms with Crippen LogP contribution in [0.5, 0.6) is 0 Å². The number of likely N-dealkylation sites (tertiary alicyclic amines) is 1. The van der Waals surface area contributed by atoms with Gasteiger partial charge in [0, 0.05) is 30.5 Å². The summed E-state index contributed by atoms with van der Waals surface area (Å²) in [6.07, 6.45) is 3.64. The van der Waals surface area contributed by atoms with E-state index in [0.29, 0.717) is 12.0 Å². The number of benzene rings is 1. The van der Waals surface area contributed by atoms with Gasteiger partial charge in [0.1, 0.15) is 0 Å². The number of aliphatic carboxylic acids is 1. The third-order valence-electron chi connectivity index (χ3n) is 5.21. The van der Waals surface area contributed by atoms with Crippen molar-refractivity contribution < 1.29 is 14.7 Å². The monoisotopic (exact) mass is 363 g/mol. The van der Waals surface area contributed by atoms with Crippen molar-refractivity contribution in [2.24, 2.45) is 0 Å². The number of carboxylic acids is 1. The largest absolute Gasteiger partial charge is 0.480 e. The fourth-order valence-corrected chi connectivity index (χ4v) is 3.11. The molecule has 138 valence electrons. The first-order valence-electron chi connectivity index (χ1n) is 8.69. The Hall–Kier alpha value is -3.20. The predicted octanol–water partition coefficient (Wildman–Crippen LogP) is 2.23. The number of carboxylic acid groups (broad SMARTS) is 1. The molecule has 1 aromatic carbocycles. The summed E-state index contributed by atoms with van der Waals surface area (Å²) in [4.78, 5) is 34.9. The summed E-state index contributed by atoms with van der Waals surface area (Å²) in [6.45, 7) is 3.83. The number of nitrogens with zero attached hydrogens (tertiary/aromatic N) is 3. The van der Waals surface area contributed by atoms with E-state index >= 15 is 0 Å². The molecule has 1 aromatic heterocycles. The van der Waals surface area contributed by atoms with Gasteiger partial charge in [-0.3, -0.25) is 9.59 Å². The Kier molecular flexibility index (Phi) is 4.71. The van der Waals surface area contributed by atoms with Gasteiger partial charge in [-0.05, 0) is 38.8 Å². The van der Waals surface area contributed by atoms with Crippen LogP contribution in [-0.2, 0) is 15.0 Å². The maximum Gasteiger partial charge on any atom is 0.327 e. The van der Waals surface area contributed by atoms with Crippen molar-refractivity contribution >= 4 is 11.9 Å². The van der Waals surface area contributed by atoms with Crippen LogP contribution in [0, 0.1) is 11.8 Å². The van der Waals surface area contributed by atoms with Gasteiger partial charge in [0.05, 0.1) is 5.56 Å². The molecule has 0 saturated carbocycles. The van der Waals surface area contributed by atoms with E-state index in [2.05, 4.69) is 21.8 Å². The highest BCUT2D eigenvalue weighted by atomic mass is 16.4. The molecule has 1 unspecified atom stereocenters. The number of amides is 1. The molecule has 6 heteroatoms. The topological polar surface area (TPSA) is 83.4 Å². The van der Waals surface area contributed by atoms with Crippen LogP contribution in [0.15, 0.2) is 42.7 Å². The lowest BCUT2D eigenvalue weighted by Gasteiger charge is -2.46. The summed E-state index contributed by atoms with van der Waals surface area (Å²) >= 11 is 0. The Balaban J connectivity index is 1.94. The zero-order chi connectivity index (χ0) is 19.7. The zero-order valence-corrected chi connectivity index (χ0v) is 15.6. The molecule has 1 fully saturated rings. The van der Waals surface area contributed by atoms with Crippen LogP contribution in [0.25, 0.3) is 0 Å². The maximum absolute atomic E-state index is 12.9. The van der Waals surface area contributed by atoms with Gasteiger partial charge in [-0.25, -0.2) is 9.97 Å². The third kappa shape index (κ3) is 3.28. The van der Waals surface area contributed by atoms with Crippen LogP contribution in [0.2, 0.25) is 0 Å². The first kappa shape index (κ1) is 18.6. The molecule has 0 bridgehead atoms. The standard InChI is InChI=1S/C21H21N3O3/c1-20(2)11-12-21(19(26)27,18(25)24(20)3)17-22-13-16(14-23-17)10-9-15-7-5-4-6-8-15/h4-8,13-14H,11-12H2,1-3H3,(H,26,27). The Morgan fingerprint density at radius 2 is 1.67 bits per heavy atom. The van der Waals surface area contributed by atoms with Gasteiger partial charge in [0.15, 0.2) is 5.82 Å². The Bertz CT molecular complexity index is 927. The molecule has 1 atom stereocenters. The first-order chi connectivity index (χ1) is 12.8. The van der Waals surface area contributed by atoms with Crippen molar-refractivity contribution in [1.29, 1.82) is 0 Å². The number of rotatable bonds is 2. The molecule has 27 heavy (non-hydrogen) atoms. The average molecular weight is 363 g/mol. The smallest absolute Gasteiger partial charge is 0.327 e. The average Bonchev–Trinajstić information content (AvgIpc) is 2.66. The minimum absolute atomic E-state index is 0.00705. The number of aromatic nitrogens is 2. The quantitative estimate of drug-likeness (QED) is 0.653. The molecule has 2 aromatic rings. The minimum atomic E-state index is -1.75. The van der Waals surface area contributed by atoms with E-state index in [1.165, 1.54) is 17.3 Å². The van der Waals surface area contributed by atoms with E-state index in [1.807, 2.05) is 44.2 Å². The summed E-state index contributed by atoms with van der Waals surface area (Å²) in [5.41, 5.74) is -0.748. The summed E-state index contributed by atoms with van der Waals surface area (Å²) < 4.78 is 0. The van der Waals surface area contributed by atoms with E-state index in [-0.39, 0.29) is 12.2 Å². The lowest BCUT2D eigenvalue weighted by atomic mass is 9.72. The first-order valence-corrected chi connectivity index (χ1v) is 8.69. The van der Waals surface area contributed by atoms with Gasteiger partial charge >= 0.3 is 5.97 Å². The van der Waals surface area contributed by atoms with Gasteiger partial charge in [-0.1, -0.05) is 30.0 Å². The summed E-state index contributed by atoms with van der Waals surface area (Å²) in [5, 5.41) is 9.87. The molecule has 0 radical (unpaired) electrons. The second kappa shape index (κ2) is 6.84. The zero-order valence-electron chi connectivity index (χ0n) is 15.6. The van der Waals surface area contributed by atoms with Gasteiger partial charge in [-0.2, -0.15) is 0 Å². The van der Waals surface area contributed by atoms with E-state index < -0.39 is 22.8 Å². The van der Waals surface area contributed by atoms with Crippen LogP contribution in [-0.4, -0.2) is 44.4 Å². The molecule has 1 aliphatic heterocycles. The van der Waals surface area contributed by atoms with E-state index in [9.17, 15) is 14.7 Å². The summed E-state index contributed by atoms with van der Waals surface area (Å²) in [5.74, 6) is 4.24. The highest BCUT2D eigenvalue weighted by molar-refractivity contribution is 6.07. The van der Waals surface area contributed by atoms with Crippen molar-refractivity contribution in [3.8, 4) is 11.8 Å². The highest BCUT2D eigenvalue weighted by Crippen LogP contribution is 2.39. The van der Waals surface area contributed by atoms with Crippen molar-refractivity contribution in [1.82, 2.24) is 14.9 Å². The molecule has 1 amide bonds. The lowest BCUT2D eigenvalue weighted by Crippen LogP contribution is -2.61. The van der Waals surface area contributed by atoms with Crippen LogP contribution >= 0.6 is 0 Å². The molecule has 1 saturated heterocycles. The summed E-state index contributed by atoms with van der Waals surface area (Å²) in [7, 11) is 1.62. The van der Waals surface area contributed by atoms with Crippen LogP contribution in [0.3, 0.4) is 0 Å². The molecule has 1 N–H and O–H groups in total. The number of hydrogen-bond donors (Lipinski definition) is 1. The third-order valence-corrected chi connectivity index (χ3v) is 5.21. The van der Waals surface area contributed by atoms with Gasteiger partial charge in [0.25, 0.3) is 0 Å². The number of carbonyl (C=O) groups is 2. The summed E-state index contributed by atoms with van der Waals surface area (Å²) in [6, 6.07) is 9.48. The molecule has 1 aliphatic rings. The van der Waals surface area contributed by atoms with Crippen LogP contribution < -0.4 is 0 Å². The molecule has 6 nitrogen and oxygen atoms in total. The van der Waals surface area contributed by atoms with Gasteiger partial charge in [-0.15, -0.1) is 0 Å². The molecule has 0 aliphatic carbocycles. The molecular formula is C21H21N3O3. The van der Waals surface area contributed by atoms with Crippen molar-refractivity contribution in [3.05, 3.63) is 59.7 Å². The fourth-order valence-electron chi connectivity index (χ4n) is 3.11. The SMILES string of the molecule is CN1C(=O)C(C(=O)O)(c2ncc(C#Cc3ccccc3)cn2)CCC1(C)C. The highest BCUT2D eigenvalue weighted by Gasteiger charge is 2.57. The second-order valence-corrected chi connectivity index (χ2v) is 7.30. The fraction of sp³-hybridized carbons (Fsp3) is 0.333. The van der Waals surface area contributed by atoms with Gasteiger partial charge in [0.2, 0.25) is 11.3 Å². The van der Waals surface area contributed by atoms with Crippen molar-refractivity contribution in [3.63, 3.8) is 0 Å². The number of hydrogen-bond acceptors (Lipinski definition) is 4. The minimum Gasteiger partial charge on any atom is -0.480 e. The molecule has 2 heterocycles. The second-order valence-electron chi connectivity index (χ2n) is 7.30. The van der Waals surface area contributed by atoms with Crippen molar-refractivity contribution in [2.45, 2.75) is 37.6 Å². The Morgan fingerprint density at radius 3 is 2.26 bits per heavy atom. The number of piperidine rings is 1. The van der Waals surface area contributed by atoms with Crippen LogP contribution in [0.1, 0.15) is 43.6 Å². The maximum atomic E-state index is 12.9. The lowest BCUT2D eigenvalue weighted by molar-refractivity contribution is -0.161. The molecular weight excluding hydrogens is 342 g/mol. The number of carbonyl (C=O) groups excluding carboxylic acids is 1. The van der Waals surface area contributed by atoms with E-state index in [4.69, 9.17) is 0 Å². The molecule has 3 rings (SSSR count). The number of likely N-dealkylation sites (N-methyl/N-ethyl adjacent to an activating group) is 1.